The Morgan fingerprint density at radius 2 is 2.00 bits per heavy atom. The quantitative estimate of drug-likeness (QED) is 0.607. The van der Waals surface area contributed by atoms with Crippen molar-refractivity contribution in [3.63, 3.8) is 0 Å². The third-order valence-electron chi connectivity index (χ3n) is 3.00. The molecule has 0 spiro atoms. The Labute approximate surface area is 116 Å². The molecule has 1 N–H and O–H groups in total. The van der Waals surface area contributed by atoms with Gasteiger partial charge in [-0.15, -0.1) is 0 Å². The van der Waals surface area contributed by atoms with E-state index in [1.54, 1.807) is 7.11 Å². The Bertz CT molecular complexity index is 420. The molecule has 0 radical (unpaired) electrons. The number of methoxy groups -OCH3 is 1. The van der Waals surface area contributed by atoms with Gasteiger partial charge in [0.1, 0.15) is 5.82 Å². The molecular weight excluding hydrogens is 274 g/mol. The van der Waals surface area contributed by atoms with Crippen LogP contribution in [0.2, 0.25) is 0 Å². The van der Waals surface area contributed by atoms with Crippen LogP contribution in [0.1, 0.15) is 36.9 Å². The number of benzene rings is 1. The summed E-state index contributed by atoms with van der Waals surface area (Å²) in [6.07, 6.45) is -3.52. The second-order valence-electron chi connectivity index (χ2n) is 4.45. The minimum absolute atomic E-state index is 0.0535. The number of rotatable bonds is 7. The smallest absolute Gasteiger partial charge is 0.385 e. The fourth-order valence-corrected chi connectivity index (χ4v) is 2.08. The fraction of sp³-hybridized carbons (Fsp3) is 0.571. The molecule has 0 aliphatic heterocycles. The van der Waals surface area contributed by atoms with Crippen molar-refractivity contribution in [2.75, 3.05) is 20.3 Å². The molecular formula is C14H19F4NO. The number of nitrogens with one attached hydrogen (secondary N) is 1. The van der Waals surface area contributed by atoms with Crippen molar-refractivity contribution in [1.82, 2.24) is 5.32 Å². The van der Waals surface area contributed by atoms with Gasteiger partial charge >= 0.3 is 6.18 Å². The first-order valence-corrected chi connectivity index (χ1v) is 6.49. The molecule has 1 aromatic carbocycles. The van der Waals surface area contributed by atoms with Gasteiger partial charge in [0, 0.05) is 25.3 Å². The molecule has 0 heterocycles. The second-order valence-corrected chi connectivity index (χ2v) is 4.45. The molecule has 114 valence electrons. The maximum absolute atomic E-state index is 14.1. The van der Waals surface area contributed by atoms with Crippen molar-refractivity contribution in [2.45, 2.75) is 32.0 Å². The van der Waals surface area contributed by atoms with E-state index in [4.69, 9.17) is 4.74 Å². The largest absolute Gasteiger partial charge is 0.419 e. The molecule has 1 aromatic rings. The predicted molar refractivity (Wildman–Crippen MR) is 68.9 cm³/mol. The van der Waals surface area contributed by atoms with Crippen LogP contribution < -0.4 is 5.32 Å². The molecule has 0 saturated carbocycles. The van der Waals surface area contributed by atoms with Gasteiger partial charge in [0.15, 0.2) is 0 Å². The number of hydrogen-bond acceptors (Lipinski definition) is 2. The molecule has 0 saturated heterocycles. The lowest BCUT2D eigenvalue weighted by atomic mass is 9.98. The van der Waals surface area contributed by atoms with Gasteiger partial charge in [-0.2, -0.15) is 13.2 Å². The number of hydrogen-bond donors (Lipinski definition) is 1. The Balaban J connectivity index is 3.01. The van der Waals surface area contributed by atoms with E-state index in [1.165, 1.54) is 12.1 Å². The minimum Gasteiger partial charge on any atom is -0.385 e. The first kappa shape index (κ1) is 16.9. The van der Waals surface area contributed by atoms with Crippen LogP contribution in [0.15, 0.2) is 18.2 Å². The van der Waals surface area contributed by atoms with Gasteiger partial charge in [-0.25, -0.2) is 4.39 Å². The van der Waals surface area contributed by atoms with E-state index in [1.807, 2.05) is 6.92 Å². The normalized spacial score (nSPS) is 13.5. The summed E-state index contributed by atoms with van der Waals surface area (Å²) in [6.45, 7) is 2.87. The standard InChI is InChI=1S/C14H19F4NO/c1-3-19-12(8-5-9-20-2)10-6-4-7-11(13(10)15)14(16,17)18/h4,6-7,12,19H,3,5,8-9H2,1-2H3. The van der Waals surface area contributed by atoms with Gasteiger partial charge in [0.2, 0.25) is 0 Å². The molecule has 1 unspecified atom stereocenters. The summed E-state index contributed by atoms with van der Waals surface area (Å²) in [5.74, 6) is -1.19. The van der Waals surface area contributed by atoms with Crippen LogP contribution in [-0.4, -0.2) is 20.3 Å². The lowest BCUT2D eigenvalue weighted by Crippen LogP contribution is -2.23. The topological polar surface area (TPSA) is 21.3 Å². The molecule has 0 bridgehead atoms. The van der Waals surface area contributed by atoms with Crippen LogP contribution in [0.25, 0.3) is 0 Å². The van der Waals surface area contributed by atoms with Gasteiger partial charge in [-0.1, -0.05) is 19.1 Å². The maximum atomic E-state index is 14.1. The highest BCUT2D eigenvalue weighted by atomic mass is 19.4. The van der Waals surface area contributed by atoms with E-state index >= 15 is 0 Å². The Morgan fingerprint density at radius 1 is 1.30 bits per heavy atom. The second kappa shape index (κ2) is 7.59. The summed E-state index contributed by atoms with van der Waals surface area (Å²) < 4.78 is 57.1. The van der Waals surface area contributed by atoms with Crippen molar-refractivity contribution in [3.8, 4) is 0 Å². The first-order chi connectivity index (χ1) is 9.41. The average Bonchev–Trinajstić information content (AvgIpc) is 2.37. The van der Waals surface area contributed by atoms with Crippen LogP contribution in [0.5, 0.6) is 0 Å². The van der Waals surface area contributed by atoms with Gasteiger partial charge in [0.05, 0.1) is 5.56 Å². The molecule has 20 heavy (non-hydrogen) atoms. The molecule has 0 fully saturated rings. The van der Waals surface area contributed by atoms with E-state index in [2.05, 4.69) is 5.32 Å². The number of ether oxygens (including phenoxy) is 1. The van der Waals surface area contributed by atoms with Crippen LogP contribution >= 0.6 is 0 Å². The molecule has 0 amide bonds. The van der Waals surface area contributed by atoms with E-state index in [-0.39, 0.29) is 5.56 Å². The summed E-state index contributed by atoms with van der Waals surface area (Å²) >= 11 is 0. The lowest BCUT2D eigenvalue weighted by molar-refractivity contribution is -0.140. The van der Waals surface area contributed by atoms with E-state index in [0.717, 1.165) is 6.07 Å². The average molecular weight is 293 g/mol. The van der Waals surface area contributed by atoms with Crippen LogP contribution in [-0.2, 0) is 10.9 Å². The summed E-state index contributed by atoms with van der Waals surface area (Å²) in [5.41, 5.74) is -1.16. The van der Waals surface area contributed by atoms with Crippen LogP contribution in [0, 0.1) is 5.82 Å². The summed E-state index contributed by atoms with van der Waals surface area (Å²) in [6, 6.07) is 2.95. The van der Waals surface area contributed by atoms with Gasteiger partial charge in [-0.3, -0.25) is 0 Å². The number of alkyl halides is 3. The Morgan fingerprint density at radius 3 is 2.55 bits per heavy atom. The zero-order valence-corrected chi connectivity index (χ0v) is 11.6. The fourth-order valence-electron chi connectivity index (χ4n) is 2.08. The van der Waals surface area contributed by atoms with Crippen molar-refractivity contribution in [1.29, 1.82) is 0 Å². The van der Waals surface area contributed by atoms with E-state index in [0.29, 0.717) is 26.0 Å². The zero-order valence-electron chi connectivity index (χ0n) is 11.6. The van der Waals surface area contributed by atoms with Crippen LogP contribution in [0.3, 0.4) is 0 Å². The Hall–Kier alpha value is -1.14. The highest BCUT2D eigenvalue weighted by molar-refractivity contribution is 5.30. The Kier molecular flexibility index (Phi) is 6.42. The maximum Gasteiger partial charge on any atom is 0.419 e. The molecule has 1 atom stereocenters. The highest BCUT2D eigenvalue weighted by Gasteiger charge is 2.35. The molecule has 0 aromatic heterocycles. The van der Waals surface area contributed by atoms with Crippen molar-refractivity contribution in [3.05, 3.63) is 35.1 Å². The van der Waals surface area contributed by atoms with Crippen molar-refractivity contribution < 1.29 is 22.3 Å². The van der Waals surface area contributed by atoms with Gasteiger partial charge in [-0.05, 0) is 25.5 Å². The van der Waals surface area contributed by atoms with Crippen molar-refractivity contribution >= 4 is 0 Å². The van der Waals surface area contributed by atoms with Gasteiger partial charge < -0.3 is 10.1 Å². The molecule has 1 rings (SSSR count). The number of halogens is 4. The summed E-state index contributed by atoms with van der Waals surface area (Å²) in [5, 5.41) is 3.01. The van der Waals surface area contributed by atoms with E-state index < -0.39 is 23.6 Å². The van der Waals surface area contributed by atoms with E-state index in [9.17, 15) is 17.6 Å². The molecule has 0 aliphatic rings. The van der Waals surface area contributed by atoms with Gasteiger partial charge in [0.25, 0.3) is 0 Å². The summed E-state index contributed by atoms with van der Waals surface area (Å²) in [4.78, 5) is 0. The lowest BCUT2D eigenvalue weighted by Gasteiger charge is -2.20. The minimum atomic E-state index is -4.68. The third kappa shape index (κ3) is 4.45. The first-order valence-electron chi connectivity index (χ1n) is 6.49. The monoisotopic (exact) mass is 293 g/mol. The third-order valence-corrected chi connectivity index (χ3v) is 3.00. The highest BCUT2D eigenvalue weighted by Crippen LogP contribution is 2.34. The molecule has 2 nitrogen and oxygen atoms in total. The predicted octanol–water partition coefficient (Wildman–Crippen LogP) is 3.92. The zero-order chi connectivity index (χ0) is 15.2. The van der Waals surface area contributed by atoms with Crippen LogP contribution in [0.4, 0.5) is 17.6 Å². The molecule has 0 aliphatic carbocycles. The van der Waals surface area contributed by atoms with Crippen molar-refractivity contribution in [2.24, 2.45) is 0 Å². The SMILES string of the molecule is CCNC(CCCOC)c1cccc(C(F)(F)F)c1F. The molecule has 6 heteroatoms. The summed E-state index contributed by atoms with van der Waals surface area (Å²) in [7, 11) is 1.55.